The highest BCUT2D eigenvalue weighted by Crippen LogP contribution is 2.26. The van der Waals surface area contributed by atoms with Crippen LogP contribution in [0.2, 0.25) is 0 Å². The van der Waals surface area contributed by atoms with Gasteiger partial charge in [0, 0.05) is 24.0 Å². The van der Waals surface area contributed by atoms with E-state index in [2.05, 4.69) is 15.4 Å². The van der Waals surface area contributed by atoms with Crippen molar-refractivity contribution in [3.8, 4) is 11.5 Å². The molecule has 0 saturated carbocycles. The maximum Gasteiger partial charge on any atom is 0.259 e. The number of hydrogen-bond acceptors (Lipinski definition) is 4. The normalized spacial score (nSPS) is 11.4. The number of carbonyl (C=O) groups excluding carboxylic acids is 1. The molecular weight excluding hydrogens is 364 g/mol. The molecule has 0 aliphatic rings. The molecule has 0 spiro atoms. The van der Waals surface area contributed by atoms with Crippen molar-refractivity contribution >= 4 is 11.6 Å². The lowest BCUT2D eigenvalue weighted by atomic mass is 9.89. The van der Waals surface area contributed by atoms with Gasteiger partial charge in [0.15, 0.2) is 5.82 Å². The van der Waals surface area contributed by atoms with Gasteiger partial charge in [0.25, 0.3) is 5.91 Å². The molecule has 7 heteroatoms. The fourth-order valence-electron chi connectivity index (χ4n) is 3.01. The Morgan fingerprint density at radius 3 is 2.41 bits per heavy atom. The van der Waals surface area contributed by atoms with Crippen LogP contribution < -0.4 is 5.32 Å². The minimum atomic E-state index is -0.283. The van der Waals surface area contributed by atoms with E-state index in [-0.39, 0.29) is 11.3 Å². The van der Waals surface area contributed by atoms with Crippen molar-refractivity contribution in [1.29, 1.82) is 0 Å². The zero-order valence-electron chi connectivity index (χ0n) is 16.6. The molecule has 3 heterocycles. The Bertz CT molecular complexity index is 1110. The monoisotopic (exact) mass is 386 g/mol. The maximum atomic E-state index is 13.0. The van der Waals surface area contributed by atoms with Gasteiger partial charge in [-0.1, -0.05) is 39.0 Å². The second-order valence-corrected chi connectivity index (χ2v) is 7.73. The van der Waals surface area contributed by atoms with Gasteiger partial charge in [-0.05, 0) is 30.3 Å². The molecule has 0 fully saturated rings. The Kier molecular flexibility index (Phi) is 4.72. The molecular formula is C22H22N6O. The molecule has 29 heavy (non-hydrogen) atoms. The fourth-order valence-corrected chi connectivity index (χ4v) is 3.01. The van der Waals surface area contributed by atoms with Crippen LogP contribution in [0.5, 0.6) is 0 Å². The maximum absolute atomic E-state index is 13.0. The predicted octanol–water partition coefficient (Wildman–Crippen LogP) is 4.00. The summed E-state index contributed by atoms with van der Waals surface area (Å²) in [7, 11) is 0. The molecule has 0 atom stereocenters. The molecule has 0 saturated heterocycles. The number of nitrogens with zero attached hydrogens (tertiary/aromatic N) is 5. The van der Waals surface area contributed by atoms with Crippen molar-refractivity contribution in [2.45, 2.75) is 26.2 Å². The molecule has 0 aliphatic carbocycles. The minimum absolute atomic E-state index is 0.217. The topological polar surface area (TPSA) is 77.6 Å². The molecule has 0 radical (unpaired) electrons. The van der Waals surface area contributed by atoms with Crippen LogP contribution >= 0.6 is 0 Å². The molecule has 1 aromatic carbocycles. The smallest absolute Gasteiger partial charge is 0.259 e. The van der Waals surface area contributed by atoms with Crippen molar-refractivity contribution in [3.05, 3.63) is 84.6 Å². The third-order valence-electron chi connectivity index (χ3n) is 4.43. The summed E-state index contributed by atoms with van der Waals surface area (Å²) in [5, 5.41) is 11.8. The van der Waals surface area contributed by atoms with Gasteiger partial charge in [0.1, 0.15) is 0 Å². The van der Waals surface area contributed by atoms with Crippen LogP contribution in [0, 0.1) is 0 Å². The summed E-state index contributed by atoms with van der Waals surface area (Å²) in [6, 6.07) is 15.2. The van der Waals surface area contributed by atoms with Gasteiger partial charge in [-0.25, -0.2) is 14.3 Å². The van der Waals surface area contributed by atoms with Crippen LogP contribution in [-0.2, 0) is 5.41 Å². The van der Waals surface area contributed by atoms with Crippen LogP contribution in [0.4, 0.5) is 5.69 Å². The first-order valence-corrected chi connectivity index (χ1v) is 9.35. The summed E-state index contributed by atoms with van der Waals surface area (Å²) in [5.41, 5.74) is 2.51. The summed E-state index contributed by atoms with van der Waals surface area (Å²) in [6.07, 6.45) is 6.90. The van der Waals surface area contributed by atoms with E-state index in [1.54, 1.807) is 40.1 Å². The number of hydrogen-bond donors (Lipinski definition) is 1. The second-order valence-electron chi connectivity index (χ2n) is 7.73. The van der Waals surface area contributed by atoms with Crippen molar-refractivity contribution in [2.75, 3.05) is 5.32 Å². The van der Waals surface area contributed by atoms with Gasteiger partial charge in [-0.2, -0.15) is 10.2 Å². The lowest BCUT2D eigenvalue weighted by molar-refractivity contribution is 0.102. The number of anilines is 1. The van der Waals surface area contributed by atoms with Crippen molar-refractivity contribution < 1.29 is 4.79 Å². The Morgan fingerprint density at radius 1 is 1.00 bits per heavy atom. The summed E-state index contributed by atoms with van der Waals surface area (Å²) in [6.45, 7) is 6.13. The Hall–Kier alpha value is -3.74. The van der Waals surface area contributed by atoms with E-state index >= 15 is 0 Å². The standard InChI is InChI=1S/C22H22N6O/c1-22(2,3)20-18(15-28(26-20)17-8-5-4-6-9-17)21(29)25-16-10-11-19(23-14-16)27-13-7-12-24-27/h4-15H,1-3H3,(H,25,29). The number of para-hydroxylation sites is 1. The fraction of sp³-hybridized carbons (Fsp3) is 0.182. The first kappa shape index (κ1) is 18.6. The van der Waals surface area contributed by atoms with Crippen LogP contribution in [0.1, 0.15) is 36.8 Å². The number of benzene rings is 1. The summed E-state index contributed by atoms with van der Waals surface area (Å²) >= 11 is 0. The Labute approximate surface area is 169 Å². The summed E-state index contributed by atoms with van der Waals surface area (Å²) in [5.74, 6) is 0.464. The average Bonchev–Trinajstić information content (AvgIpc) is 3.39. The molecule has 146 valence electrons. The molecule has 1 N–H and O–H groups in total. The highest BCUT2D eigenvalue weighted by atomic mass is 16.1. The van der Waals surface area contributed by atoms with Gasteiger partial charge in [0.05, 0.1) is 28.8 Å². The Morgan fingerprint density at radius 2 is 1.79 bits per heavy atom. The van der Waals surface area contributed by atoms with Crippen LogP contribution in [0.3, 0.4) is 0 Å². The molecule has 4 aromatic rings. The van der Waals surface area contributed by atoms with Crippen LogP contribution in [-0.4, -0.2) is 30.5 Å². The molecule has 0 unspecified atom stereocenters. The highest BCUT2D eigenvalue weighted by Gasteiger charge is 2.26. The quantitative estimate of drug-likeness (QED) is 0.575. The van der Waals surface area contributed by atoms with E-state index in [4.69, 9.17) is 5.10 Å². The lowest BCUT2D eigenvalue weighted by Crippen LogP contribution is -2.20. The van der Waals surface area contributed by atoms with Gasteiger partial charge >= 0.3 is 0 Å². The van der Waals surface area contributed by atoms with E-state index in [9.17, 15) is 4.79 Å². The first-order chi connectivity index (χ1) is 13.9. The largest absolute Gasteiger partial charge is 0.320 e. The molecule has 0 bridgehead atoms. The van der Waals surface area contributed by atoms with E-state index in [0.29, 0.717) is 17.1 Å². The minimum Gasteiger partial charge on any atom is -0.320 e. The van der Waals surface area contributed by atoms with Crippen molar-refractivity contribution in [1.82, 2.24) is 24.5 Å². The second kappa shape index (κ2) is 7.35. The third kappa shape index (κ3) is 3.94. The zero-order chi connectivity index (χ0) is 20.4. The lowest BCUT2D eigenvalue weighted by Gasteiger charge is -2.17. The third-order valence-corrected chi connectivity index (χ3v) is 4.43. The first-order valence-electron chi connectivity index (χ1n) is 9.35. The molecule has 4 rings (SSSR count). The zero-order valence-corrected chi connectivity index (χ0v) is 16.6. The summed E-state index contributed by atoms with van der Waals surface area (Å²) < 4.78 is 3.40. The number of rotatable bonds is 4. The highest BCUT2D eigenvalue weighted by molar-refractivity contribution is 6.05. The number of pyridine rings is 1. The van der Waals surface area contributed by atoms with E-state index in [1.807, 2.05) is 63.4 Å². The van der Waals surface area contributed by atoms with Gasteiger partial charge in [-0.3, -0.25) is 4.79 Å². The van der Waals surface area contributed by atoms with E-state index in [1.165, 1.54) is 0 Å². The van der Waals surface area contributed by atoms with E-state index < -0.39 is 0 Å². The number of aromatic nitrogens is 5. The Balaban J connectivity index is 1.61. The van der Waals surface area contributed by atoms with Gasteiger partial charge in [0.2, 0.25) is 0 Å². The average molecular weight is 386 g/mol. The molecule has 7 nitrogen and oxygen atoms in total. The molecule has 0 aliphatic heterocycles. The number of nitrogens with one attached hydrogen (secondary N) is 1. The molecule has 3 aromatic heterocycles. The van der Waals surface area contributed by atoms with Gasteiger partial charge in [-0.15, -0.1) is 0 Å². The molecule has 1 amide bonds. The number of carbonyl (C=O) groups is 1. The SMILES string of the molecule is CC(C)(C)c1nn(-c2ccccc2)cc1C(=O)Nc1ccc(-n2cccn2)nc1. The number of amides is 1. The van der Waals surface area contributed by atoms with Crippen molar-refractivity contribution in [2.24, 2.45) is 0 Å². The summed E-state index contributed by atoms with van der Waals surface area (Å²) in [4.78, 5) is 17.4. The van der Waals surface area contributed by atoms with Crippen LogP contribution in [0.15, 0.2) is 73.3 Å². The predicted molar refractivity (Wildman–Crippen MR) is 112 cm³/mol. The van der Waals surface area contributed by atoms with Crippen LogP contribution in [0.25, 0.3) is 11.5 Å². The van der Waals surface area contributed by atoms with Gasteiger partial charge < -0.3 is 5.32 Å². The van der Waals surface area contributed by atoms with Crippen molar-refractivity contribution in [3.63, 3.8) is 0 Å². The van der Waals surface area contributed by atoms with E-state index in [0.717, 1.165) is 11.4 Å².